The number of hydrogen-bond donors (Lipinski definition) is 2. The first kappa shape index (κ1) is 21.5. The van der Waals surface area contributed by atoms with E-state index in [2.05, 4.69) is 29.0 Å². The highest BCUT2D eigenvalue weighted by atomic mass is 35.5. The predicted molar refractivity (Wildman–Crippen MR) is 120 cm³/mol. The monoisotopic (exact) mass is 436 g/mol. The van der Waals surface area contributed by atoms with Gasteiger partial charge in [-0.3, -0.25) is 9.36 Å². The maximum atomic E-state index is 12.6. The van der Waals surface area contributed by atoms with Crippen LogP contribution in [0.25, 0.3) is 11.6 Å². The summed E-state index contributed by atoms with van der Waals surface area (Å²) in [6.45, 7) is 8.10. The lowest BCUT2D eigenvalue weighted by atomic mass is 10.0. The summed E-state index contributed by atoms with van der Waals surface area (Å²) in [7, 11) is 0. The van der Waals surface area contributed by atoms with Crippen molar-refractivity contribution < 1.29 is 4.79 Å². The zero-order valence-corrected chi connectivity index (χ0v) is 18.4. The Balaban J connectivity index is 1.90. The van der Waals surface area contributed by atoms with Crippen molar-refractivity contribution in [3.8, 4) is 0 Å². The molecule has 2 aromatic rings. The van der Waals surface area contributed by atoms with Crippen LogP contribution in [0.15, 0.2) is 23.0 Å². The van der Waals surface area contributed by atoms with Crippen molar-refractivity contribution in [3.05, 3.63) is 50.0 Å². The van der Waals surface area contributed by atoms with Gasteiger partial charge in [-0.05, 0) is 54.7 Å². The van der Waals surface area contributed by atoms with Crippen molar-refractivity contribution in [2.75, 3.05) is 24.5 Å². The fourth-order valence-electron chi connectivity index (χ4n) is 3.44. The van der Waals surface area contributed by atoms with Crippen LogP contribution in [-0.2, 0) is 11.3 Å². The molecule has 0 atom stereocenters. The molecule has 0 saturated carbocycles. The summed E-state index contributed by atoms with van der Waals surface area (Å²) in [6.07, 6.45) is 2.83. The van der Waals surface area contributed by atoms with Crippen molar-refractivity contribution in [2.24, 2.45) is 5.92 Å². The molecule has 156 valence electrons. The average Bonchev–Trinajstić information content (AvgIpc) is 2.95. The van der Waals surface area contributed by atoms with Gasteiger partial charge < -0.3 is 15.2 Å². The molecule has 0 bridgehead atoms. The molecule has 0 spiro atoms. The van der Waals surface area contributed by atoms with Crippen LogP contribution in [0.4, 0.5) is 5.82 Å². The molecule has 6 nitrogen and oxygen atoms in total. The van der Waals surface area contributed by atoms with Crippen molar-refractivity contribution in [1.29, 1.82) is 0 Å². The van der Waals surface area contributed by atoms with Gasteiger partial charge in [0.15, 0.2) is 0 Å². The van der Waals surface area contributed by atoms with E-state index in [1.165, 1.54) is 4.57 Å². The van der Waals surface area contributed by atoms with E-state index in [4.69, 9.17) is 23.2 Å². The molecule has 2 heterocycles. The summed E-state index contributed by atoms with van der Waals surface area (Å²) in [5.74, 6) is 1.08. The van der Waals surface area contributed by atoms with Gasteiger partial charge >= 0.3 is 5.69 Å². The minimum Gasteiger partial charge on any atom is -0.355 e. The average molecular weight is 437 g/mol. The number of nitrogens with zero attached hydrogens (tertiary/aromatic N) is 2. The van der Waals surface area contributed by atoms with Crippen molar-refractivity contribution in [2.45, 2.75) is 33.7 Å². The molecule has 0 aliphatic carbocycles. The Hall–Kier alpha value is -2.18. The summed E-state index contributed by atoms with van der Waals surface area (Å²) in [4.78, 5) is 29.9. The molecule has 2 N–H and O–H groups in total. The molecule has 1 aromatic heterocycles. The van der Waals surface area contributed by atoms with E-state index < -0.39 is 0 Å². The Morgan fingerprint density at radius 1 is 1.24 bits per heavy atom. The SMILES string of the molecule is CCN1CC(c2cc(Cl)cc(Cl)c2)=Cc2[nH]c(=O)n(CC(=O)NCCC(C)C)c21. The Morgan fingerprint density at radius 2 is 1.93 bits per heavy atom. The second kappa shape index (κ2) is 9.09. The number of aromatic amines is 1. The van der Waals surface area contributed by atoms with E-state index in [1.807, 2.05) is 25.1 Å². The number of carbonyl (C=O) groups is 1. The second-order valence-corrected chi connectivity index (χ2v) is 8.50. The quantitative estimate of drug-likeness (QED) is 0.688. The van der Waals surface area contributed by atoms with Gasteiger partial charge in [0.1, 0.15) is 12.4 Å². The third kappa shape index (κ3) is 5.06. The highest BCUT2D eigenvalue weighted by Gasteiger charge is 2.25. The van der Waals surface area contributed by atoms with Gasteiger partial charge in [0.2, 0.25) is 5.91 Å². The van der Waals surface area contributed by atoms with E-state index in [-0.39, 0.29) is 18.1 Å². The molecule has 0 saturated heterocycles. The minimum atomic E-state index is -0.297. The molecule has 0 fully saturated rings. The first-order valence-electron chi connectivity index (χ1n) is 9.80. The summed E-state index contributed by atoms with van der Waals surface area (Å²) >= 11 is 12.3. The second-order valence-electron chi connectivity index (χ2n) is 7.63. The van der Waals surface area contributed by atoms with Crippen LogP contribution in [0, 0.1) is 5.92 Å². The third-order valence-electron chi connectivity index (χ3n) is 4.92. The number of fused-ring (bicyclic) bond motifs is 1. The standard InChI is InChI=1S/C21H26Cl2N4O2/c1-4-26-11-15(14-7-16(22)10-17(23)8-14)9-18-20(26)27(21(29)25-18)12-19(28)24-6-5-13(2)3/h7-10,13H,4-6,11-12H2,1-3H3,(H,24,28)(H,25,29). The van der Waals surface area contributed by atoms with Crippen LogP contribution in [0.2, 0.25) is 10.0 Å². The number of H-pyrrole nitrogens is 1. The predicted octanol–water partition coefficient (Wildman–Crippen LogP) is 4.03. The number of amides is 1. The molecule has 1 aliphatic rings. The normalized spacial score (nSPS) is 13.4. The topological polar surface area (TPSA) is 70.1 Å². The smallest absolute Gasteiger partial charge is 0.328 e. The van der Waals surface area contributed by atoms with E-state index in [0.29, 0.717) is 41.3 Å². The van der Waals surface area contributed by atoms with Crippen LogP contribution < -0.4 is 15.9 Å². The fraction of sp³-hybridized carbons (Fsp3) is 0.429. The van der Waals surface area contributed by atoms with Crippen LogP contribution in [0.5, 0.6) is 0 Å². The number of hydrogen-bond acceptors (Lipinski definition) is 3. The number of anilines is 1. The third-order valence-corrected chi connectivity index (χ3v) is 5.36. The van der Waals surface area contributed by atoms with Gasteiger partial charge in [-0.2, -0.15) is 0 Å². The summed E-state index contributed by atoms with van der Waals surface area (Å²) in [6, 6.07) is 5.40. The molecule has 8 heteroatoms. The summed E-state index contributed by atoms with van der Waals surface area (Å²) in [5.41, 5.74) is 2.29. The zero-order valence-electron chi connectivity index (χ0n) is 16.9. The molecular formula is C21H26Cl2N4O2. The number of halogens is 2. The molecule has 1 amide bonds. The number of benzene rings is 1. The van der Waals surface area contributed by atoms with Gasteiger partial charge in [-0.15, -0.1) is 0 Å². The fourth-order valence-corrected chi connectivity index (χ4v) is 3.97. The number of nitrogens with one attached hydrogen (secondary N) is 2. The molecule has 1 aromatic carbocycles. The maximum Gasteiger partial charge on any atom is 0.328 e. The lowest BCUT2D eigenvalue weighted by molar-refractivity contribution is -0.121. The maximum absolute atomic E-state index is 12.6. The highest BCUT2D eigenvalue weighted by molar-refractivity contribution is 6.35. The van der Waals surface area contributed by atoms with Crippen LogP contribution in [-0.4, -0.2) is 35.1 Å². The van der Waals surface area contributed by atoms with Crippen molar-refractivity contribution in [1.82, 2.24) is 14.9 Å². The minimum absolute atomic E-state index is 0.00850. The van der Waals surface area contributed by atoms with Crippen molar-refractivity contribution >= 4 is 46.6 Å². The van der Waals surface area contributed by atoms with Gasteiger partial charge in [0.25, 0.3) is 0 Å². The number of likely N-dealkylation sites (N-methyl/N-ethyl adjacent to an activating group) is 1. The van der Waals surface area contributed by atoms with Gasteiger partial charge in [0.05, 0.1) is 5.69 Å². The first-order valence-corrected chi connectivity index (χ1v) is 10.6. The molecule has 1 aliphatic heterocycles. The molecular weight excluding hydrogens is 411 g/mol. The van der Waals surface area contributed by atoms with E-state index in [1.54, 1.807) is 6.07 Å². The number of carbonyl (C=O) groups excluding carboxylic acids is 1. The Morgan fingerprint density at radius 3 is 2.55 bits per heavy atom. The van der Waals surface area contributed by atoms with Crippen molar-refractivity contribution in [3.63, 3.8) is 0 Å². The number of rotatable bonds is 7. The Kier molecular flexibility index (Phi) is 6.75. The lowest BCUT2D eigenvalue weighted by Crippen LogP contribution is -2.36. The summed E-state index contributed by atoms with van der Waals surface area (Å²) in [5, 5.41) is 4.01. The largest absolute Gasteiger partial charge is 0.355 e. The van der Waals surface area contributed by atoms with Crippen LogP contribution in [0.3, 0.4) is 0 Å². The van der Waals surface area contributed by atoms with Gasteiger partial charge in [-0.25, -0.2) is 4.79 Å². The first-order chi connectivity index (χ1) is 13.8. The summed E-state index contributed by atoms with van der Waals surface area (Å²) < 4.78 is 1.50. The molecule has 0 unspecified atom stereocenters. The van der Waals surface area contributed by atoms with E-state index in [0.717, 1.165) is 23.4 Å². The Bertz CT molecular complexity index is 971. The van der Waals surface area contributed by atoms with E-state index >= 15 is 0 Å². The highest BCUT2D eigenvalue weighted by Crippen LogP contribution is 2.33. The Labute approximate surface area is 180 Å². The number of imidazole rings is 1. The van der Waals surface area contributed by atoms with Crippen LogP contribution in [0.1, 0.15) is 38.4 Å². The lowest BCUT2D eigenvalue weighted by Gasteiger charge is -2.29. The van der Waals surface area contributed by atoms with Gasteiger partial charge in [-0.1, -0.05) is 37.0 Å². The molecule has 0 radical (unpaired) electrons. The molecule has 3 rings (SSSR count). The van der Waals surface area contributed by atoms with E-state index in [9.17, 15) is 9.59 Å². The van der Waals surface area contributed by atoms with Crippen LogP contribution >= 0.6 is 23.2 Å². The zero-order chi connectivity index (χ0) is 21.1. The molecule has 29 heavy (non-hydrogen) atoms. The number of aromatic nitrogens is 2. The van der Waals surface area contributed by atoms with Gasteiger partial charge in [0, 0.05) is 29.7 Å².